The van der Waals surface area contributed by atoms with Crippen molar-refractivity contribution in [3.63, 3.8) is 0 Å². The number of hydrogen-bond donors (Lipinski definition) is 0. The zero-order chi connectivity index (χ0) is 31.8. The van der Waals surface area contributed by atoms with Crippen LogP contribution in [0, 0.1) is 12.7 Å². The summed E-state index contributed by atoms with van der Waals surface area (Å²) in [6, 6.07) is 10.3. The van der Waals surface area contributed by atoms with Gasteiger partial charge in [-0.25, -0.2) is 9.37 Å². The van der Waals surface area contributed by atoms with Gasteiger partial charge in [0.15, 0.2) is 0 Å². The van der Waals surface area contributed by atoms with Crippen LogP contribution in [0.2, 0.25) is 0 Å². The first kappa shape index (κ1) is 33.1. The van der Waals surface area contributed by atoms with Gasteiger partial charge in [-0.1, -0.05) is 94.8 Å². The van der Waals surface area contributed by atoms with Gasteiger partial charge in [0, 0.05) is 44.6 Å². The smallest absolute Gasteiger partial charge is 0.267 e. The van der Waals surface area contributed by atoms with Gasteiger partial charge in [-0.2, -0.15) is 0 Å². The lowest BCUT2D eigenvalue weighted by Gasteiger charge is -2.37. The molecule has 1 aromatic carbocycles. The van der Waals surface area contributed by atoms with Crippen LogP contribution >= 0.6 is 24.0 Å². The average molecular weight is 650 g/mol. The summed E-state index contributed by atoms with van der Waals surface area (Å²) >= 11 is 6.89. The Balaban J connectivity index is 1.28. The number of anilines is 2. The molecule has 2 saturated heterocycles. The Labute approximate surface area is 275 Å². The Morgan fingerprint density at radius 3 is 2.18 bits per heavy atom. The van der Waals surface area contributed by atoms with Crippen molar-refractivity contribution in [2.24, 2.45) is 0 Å². The molecule has 0 N–H and O–H groups in total. The number of thioether (sulfide) groups is 1. The second-order valence-corrected chi connectivity index (χ2v) is 13.7. The number of piperazine rings is 1. The fraction of sp³-hybridized carbons (Fsp3) is 0.486. The highest BCUT2D eigenvalue weighted by atomic mass is 32.2. The molecule has 0 spiro atoms. The number of halogens is 1. The van der Waals surface area contributed by atoms with Crippen LogP contribution in [0.5, 0.6) is 0 Å². The summed E-state index contributed by atoms with van der Waals surface area (Å²) < 4.78 is 15.6. The van der Waals surface area contributed by atoms with Gasteiger partial charge in [-0.05, 0) is 55.3 Å². The summed E-state index contributed by atoms with van der Waals surface area (Å²) in [5.74, 6) is 0.182. The molecule has 0 bridgehead atoms. The molecule has 0 saturated carbocycles. The van der Waals surface area contributed by atoms with Gasteiger partial charge in [0.2, 0.25) is 0 Å². The predicted octanol–water partition coefficient (Wildman–Crippen LogP) is 7.59. The molecule has 2 fully saturated rings. The zero-order valence-corrected chi connectivity index (χ0v) is 28.1. The third kappa shape index (κ3) is 8.14. The maximum atomic E-state index is 13.9. The molecule has 7 nitrogen and oxygen atoms in total. The van der Waals surface area contributed by atoms with Gasteiger partial charge in [0.05, 0.1) is 10.5 Å². The van der Waals surface area contributed by atoms with Crippen molar-refractivity contribution >= 4 is 57.4 Å². The fourth-order valence-electron chi connectivity index (χ4n) is 6.08. The average Bonchev–Trinajstić information content (AvgIpc) is 3.31. The first-order valence-corrected chi connectivity index (χ1v) is 17.6. The molecule has 240 valence electrons. The highest BCUT2D eigenvalue weighted by Gasteiger charge is 2.33. The monoisotopic (exact) mass is 649 g/mol. The van der Waals surface area contributed by atoms with Crippen LogP contribution < -0.4 is 15.4 Å². The van der Waals surface area contributed by atoms with Gasteiger partial charge < -0.3 is 9.80 Å². The largest absolute Gasteiger partial charge is 0.368 e. The highest BCUT2D eigenvalue weighted by Crippen LogP contribution is 2.34. The first-order chi connectivity index (χ1) is 21.9. The predicted molar refractivity (Wildman–Crippen MR) is 189 cm³/mol. The summed E-state index contributed by atoms with van der Waals surface area (Å²) in [6.07, 6.45) is 15.7. The second-order valence-electron chi connectivity index (χ2n) is 12.0. The molecule has 1 amide bonds. The fourth-order valence-corrected chi connectivity index (χ4v) is 7.37. The van der Waals surface area contributed by atoms with Crippen LogP contribution in [0.25, 0.3) is 11.7 Å². The van der Waals surface area contributed by atoms with Crippen LogP contribution in [-0.4, -0.2) is 57.2 Å². The van der Waals surface area contributed by atoms with Crippen LogP contribution in [0.3, 0.4) is 0 Å². The van der Waals surface area contributed by atoms with E-state index >= 15 is 0 Å². The van der Waals surface area contributed by atoms with E-state index in [-0.39, 0.29) is 17.3 Å². The number of thiocarbonyl (C=S) groups is 1. The van der Waals surface area contributed by atoms with Crippen molar-refractivity contribution in [3.05, 3.63) is 74.8 Å². The number of unbranched alkanes of at least 4 members (excludes halogenated alkanes) is 9. The summed E-state index contributed by atoms with van der Waals surface area (Å²) in [5.41, 5.74) is 2.65. The van der Waals surface area contributed by atoms with E-state index in [4.69, 9.17) is 17.2 Å². The summed E-state index contributed by atoms with van der Waals surface area (Å²) in [4.78, 5) is 38.9. The quantitative estimate of drug-likeness (QED) is 0.101. The van der Waals surface area contributed by atoms with Gasteiger partial charge in [-0.15, -0.1) is 0 Å². The molecule has 2 aliphatic heterocycles. The molecule has 0 atom stereocenters. The molecule has 4 heterocycles. The lowest BCUT2D eigenvalue weighted by atomic mass is 10.1. The van der Waals surface area contributed by atoms with Gasteiger partial charge in [0.1, 0.15) is 21.6 Å². The maximum Gasteiger partial charge on any atom is 0.267 e. The van der Waals surface area contributed by atoms with E-state index in [2.05, 4.69) is 16.7 Å². The summed E-state index contributed by atoms with van der Waals surface area (Å²) in [7, 11) is 0. The molecule has 3 aromatic rings. The SMILES string of the molecule is CCCCCCCCCCCCN1C(=O)/C(=C\c2c(N3CCN(c4ccc(F)cc4)CC3)nc3c(C)cccn3c2=O)SC1=S. The summed E-state index contributed by atoms with van der Waals surface area (Å²) in [6.45, 7) is 7.44. The number of benzene rings is 1. The van der Waals surface area contributed by atoms with Crippen molar-refractivity contribution in [1.82, 2.24) is 14.3 Å². The van der Waals surface area contributed by atoms with Crippen molar-refractivity contribution in [2.45, 2.75) is 78.1 Å². The molecule has 5 rings (SSSR count). The third-order valence-corrected chi connectivity index (χ3v) is 10.1. The summed E-state index contributed by atoms with van der Waals surface area (Å²) in [5, 5.41) is 0. The van der Waals surface area contributed by atoms with Crippen LogP contribution in [0.1, 0.15) is 82.3 Å². The molecular formula is C35H44FN5O2S2. The Kier molecular flexibility index (Phi) is 11.7. The molecule has 10 heteroatoms. The highest BCUT2D eigenvalue weighted by molar-refractivity contribution is 8.26. The molecule has 2 aliphatic rings. The number of pyridine rings is 1. The van der Waals surface area contributed by atoms with Crippen molar-refractivity contribution in [2.75, 3.05) is 42.5 Å². The second kappa shape index (κ2) is 15.9. The minimum absolute atomic E-state index is 0.137. The Bertz CT molecular complexity index is 1580. The lowest BCUT2D eigenvalue weighted by molar-refractivity contribution is -0.122. The number of aromatic nitrogens is 2. The minimum atomic E-state index is -0.257. The van der Waals surface area contributed by atoms with Gasteiger partial charge >= 0.3 is 0 Å². The third-order valence-electron chi connectivity index (χ3n) is 8.72. The molecule has 0 radical (unpaired) electrons. The topological polar surface area (TPSA) is 61.2 Å². The standard InChI is InChI=1S/C35H44FN5O2S2/c1-3-4-5-6-7-8-9-10-11-12-19-41-34(43)30(45-35(41)44)25-29-32(37-31-26(2)14-13-20-40(31)33(29)42)39-23-21-38(22-24-39)28-17-15-27(36)16-18-28/h13-18,20,25H,3-12,19,21-24H2,1-2H3/b30-25+. The van der Waals surface area contributed by atoms with Gasteiger partial charge in [0.25, 0.3) is 11.5 Å². The molecule has 0 aliphatic carbocycles. The van der Waals surface area contributed by atoms with E-state index in [1.165, 1.54) is 75.3 Å². The van der Waals surface area contributed by atoms with E-state index in [1.807, 2.05) is 19.1 Å². The molecular weight excluding hydrogens is 606 g/mol. The molecule has 2 aromatic heterocycles. The van der Waals surface area contributed by atoms with Crippen LogP contribution in [0.4, 0.5) is 15.9 Å². The Morgan fingerprint density at radius 1 is 0.889 bits per heavy atom. The van der Waals surface area contributed by atoms with Crippen molar-refractivity contribution < 1.29 is 9.18 Å². The van der Waals surface area contributed by atoms with Crippen LogP contribution in [-0.2, 0) is 4.79 Å². The number of carbonyl (C=O) groups excluding carboxylic acids is 1. The molecule has 45 heavy (non-hydrogen) atoms. The Morgan fingerprint density at radius 2 is 1.51 bits per heavy atom. The number of rotatable bonds is 14. The maximum absolute atomic E-state index is 13.9. The first-order valence-electron chi connectivity index (χ1n) is 16.4. The van der Waals surface area contributed by atoms with Crippen LogP contribution in [0.15, 0.2) is 52.3 Å². The van der Waals surface area contributed by atoms with Crippen molar-refractivity contribution in [1.29, 1.82) is 0 Å². The Hall–Kier alpha value is -3.24. The van der Waals surface area contributed by atoms with E-state index in [0.717, 1.165) is 24.1 Å². The number of carbonyl (C=O) groups is 1. The zero-order valence-electron chi connectivity index (χ0n) is 26.5. The van der Waals surface area contributed by atoms with Crippen molar-refractivity contribution in [3.8, 4) is 0 Å². The minimum Gasteiger partial charge on any atom is -0.368 e. The van der Waals surface area contributed by atoms with Gasteiger partial charge in [-0.3, -0.25) is 18.9 Å². The lowest BCUT2D eigenvalue weighted by Crippen LogP contribution is -2.47. The number of amides is 1. The number of fused-ring (bicyclic) bond motifs is 1. The number of hydrogen-bond acceptors (Lipinski definition) is 7. The number of aryl methyl sites for hydroxylation is 1. The van der Waals surface area contributed by atoms with E-state index in [1.54, 1.807) is 33.7 Å². The van der Waals surface area contributed by atoms with E-state index < -0.39 is 0 Å². The van der Waals surface area contributed by atoms with E-state index in [0.29, 0.717) is 59.0 Å². The number of nitrogens with zero attached hydrogens (tertiary/aromatic N) is 5. The molecule has 0 unspecified atom stereocenters. The normalized spacial score (nSPS) is 16.5. The van der Waals surface area contributed by atoms with E-state index in [9.17, 15) is 14.0 Å².